The Morgan fingerprint density at radius 3 is 2.79 bits per heavy atom. The number of rotatable bonds is 5. The first kappa shape index (κ1) is 18.8. The first-order valence-corrected chi connectivity index (χ1v) is 10.7. The Morgan fingerprint density at radius 1 is 1.17 bits per heavy atom. The van der Waals surface area contributed by atoms with Crippen molar-refractivity contribution < 1.29 is 14.3 Å². The fourth-order valence-corrected chi connectivity index (χ4v) is 4.98. The zero-order valence-corrected chi connectivity index (χ0v) is 16.9. The summed E-state index contributed by atoms with van der Waals surface area (Å²) in [6.07, 6.45) is 13.1. The third kappa shape index (κ3) is 3.83. The van der Waals surface area contributed by atoms with E-state index in [4.69, 9.17) is 9.47 Å². The largest absolute Gasteiger partial charge is 0.371 e. The molecule has 1 amide bonds. The van der Waals surface area contributed by atoms with Crippen molar-refractivity contribution >= 4 is 5.91 Å². The van der Waals surface area contributed by atoms with Gasteiger partial charge in [0.25, 0.3) is 5.91 Å². The smallest absolute Gasteiger partial charge is 0.253 e. The van der Waals surface area contributed by atoms with Crippen LogP contribution >= 0.6 is 0 Å². The number of fused-ring (bicyclic) bond motifs is 1. The number of aromatic nitrogens is 4. The van der Waals surface area contributed by atoms with E-state index in [1.807, 2.05) is 34.8 Å². The van der Waals surface area contributed by atoms with E-state index >= 15 is 0 Å². The van der Waals surface area contributed by atoms with Crippen LogP contribution in [0.25, 0.3) is 0 Å². The Kier molecular flexibility index (Phi) is 5.13. The van der Waals surface area contributed by atoms with Gasteiger partial charge in [-0.1, -0.05) is 37.3 Å². The first-order valence-electron chi connectivity index (χ1n) is 10.7. The van der Waals surface area contributed by atoms with Gasteiger partial charge in [-0.3, -0.25) is 4.79 Å². The number of hydrogen-bond acceptors (Lipinski definition) is 5. The number of carbonyl (C=O) groups is 1. The van der Waals surface area contributed by atoms with E-state index in [0.717, 1.165) is 18.0 Å². The third-order valence-corrected chi connectivity index (χ3v) is 6.56. The Bertz CT molecular complexity index is 856. The summed E-state index contributed by atoms with van der Waals surface area (Å²) in [5.74, 6) is 0.643. The van der Waals surface area contributed by atoms with Crippen molar-refractivity contribution in [1.29, 1.82) is 0 Å². The Labute approximate surface area is 170 Å². The van der Waals surface area contributed by atoms with Gasteiger partial charge >= 0.3 is 0 Å². The Balaban J connectivity index is 1.20. The monoisotopic (exact) mass is 399 g/mol. The molecular formula is C21H29N5O3. The molecular weight excluding hydrogens is 370 g/mol. The summed E-state index contributed by atoms with van der Waals surface area (Å²) in [6.45, 7) is 0.979. The van der Waals surface area contributed by atoms with Crippen molar-refractivity contribution in [1.82, 2.24) is 24.9 Å². The maximum Gasteiger partial charge on any atom is 0.253 e. The fraction of sp³-hybridized carbons (Fsp3) is 0.667. The average Bonchev–Trinajstić information content (AvgIpc) is 3.49. The molecule has 3 fully saturated rings. The molecule has 8 nitrogen and oxygen atoms in total. The molecule has 0 aromatic carbocycles. The molecule has 1 aliphatic carbocycles. The number of amides is 1. The second-order valence-corrected chi connectivity index (χ2v) is 8.71. The van der Waals surface area contributed by atoms with Crippen molar-refractivity contribution in [2.24, 2.45) is 13.0 Å². The summed E-state index contributed by atoms with van der Waals surface area (Å²) in [5.41, 5.74) is 1.71. The molecule has 5 rings (SSSR count). The molecule has 4 atom stereocenters. The lowest BCUT2D eigenvalue weighted by Crippen LogP contribution is -2.44. The van der Waals surface area contributed by atoms with Gasteiger partial charge in [0.15, 0.2) is 0 Å². The van der Waals surface area contributed by atoms with Gasteiger partial charge in [-0.15, -0.1) is 5.10 Å². The highest BCUT2D eigenvalue weighted by Gasteiger charge is 2.49. The zero-order chi connectivity index (χ0) is 19.8. The quantitative estimate of drug-likeness (QED) is 0.830. The standard InChI is InChI=1S/C21H29N5O3/c1-25-8-7-15(10-25)21(27)22-17-12-28-20-18(13-29-19(17)20)26-11-16(23-24-26)9-14-5-3-2-4-6-14/h7-8,10-11,14,17-20H,2-6,9,12-13H2,1H3,(H,22,27). The van der Waals surface area contributed by atoms with E-state index in [1.54, 1.807) is 0 Å². The minimum absolute atomic E-state index is 0.00577. The van der Waals surface area contributed by atoms with E-state index < -0.39 is 0 Å². The van der Waals surface area contributed by atoms with Crippen LogP contribution in [0, 0.1) is 5.92 Å². The molecule has 2 aromatic heterocycles. The molecule has 1 saturated carbocycles. The van der Waals surface area contributed by atoms with Gasteiger partial charge in [-0.2, -0.15) is 0 Å². The Hall–Kier alpha value is -2.19. The predicted octanol–water partition coefficient (Wildman–Crippen LogP) is 1.88. The SMILES string of the molecule is Cn1ccc(C(=O)NC2COC3C2OCC3n2cc(CC3CCCCC3)nn2)c1. The van der Waals surface area contributed by atoms with E-state index in [1.165, 1.54) is 32.1 Å². The van der Waals surface area contributed by atoms with E-state index in [2.05, 4.69) is 21.8 Å². The molecule has 2 aliphatic heterocycles. The third-order valence-electron chi connectivity index (χ3n) is 6.56. The number of carbonyl (C=O) groups excluding carboxylic acids is 1. The second-order valence-electron chi connectivity index (χ2n) is 8.71. The molecule has 2 aromatic rings. The van der Waals surface area contributed by atoms with Crippen molar-refractivity contribution in [2.75, 3.05) is 13.2 Å². The van der Waals surface area contributed by atoms with Gasteiger partial charge in [0, 0.05) is 25.6 Å². The maximum absolute atomic E-state index is 12.5. The van der Waals surface area contributed by atoms with Gasteiger partial charge in [0.05, 0.1) is 30.5 Å². The van der Waals surface area contributed by atoms with Crippen LogP contribution in [0.1, 0.15) is 54.2 Å². The molecule has 0 spiro atoms. The normalized spacial score (nSPS) is 29.8. The molecule has 8 heteroatoms. The molecule has 1 N–H and O–H groups in total. The highest BCUT2D eigenvalue weighted by Crippen LogP contribution is 2.34. The van der Waals surface area contributed by atoms with Crippen molar-refractivity contribution in [3.63, 3.8) is 0 Å². The number of aryl methyl sites for hydroxylation is 1. The first-order chi connectivity index (χ1) is 14.2. The topological polar surface area (TPSA) is 83.2 Å². The zero-order valence-electron chi connectivity index (χ0n) is 16.9. The summed E-state index contributed by atoms with van der Waals surface area (Å²) in [7, 11) is 1.90. The van der Waals surface area contributed by atoms with E-state index in [9.17, 15) is 4.79 Å². The second kappa shape index (κ2) is 7.91. The predicted molar refractivity (Wildman–Crippen MR) is 105 cm³/mol. The van der Waals surface area contributed by atoms with Crippen LogP contribution in [-0.2, 0) is 22.9 Å². The molecule has 29 heavy (non-hydrogen) atoms. The molecule has 0 radical (unpaired) electrons. The molecule has 3 aliphatic rings. The van der Waals surface area contributed by atoms with Gasteiger partial charge in [0.2, 0.25) is 0 Å². The Morgan fingerprint density at radius 2 is 2.00 bits per heavy atom. The minimum atomic E-state index is -0.154. The summed E-state index contributed by atoms with van der Waals surface area (Å²) >= 11 is 0. The average molecular weight is 399 g/mol. The molecule has 0 bridgehead atoms. The summed E-state index contributed by atoms with van der Waals surface area (Å²) in [4.78, 5) is 12.5. The van der Waals surface area contributed by atoms with E-state index in [0.29, 0.717) is 18.8 Å². The van der Waals surface area contributed by atoms with Gasteiger partial charge in [-0.25, -0.2) is 4.68 Å². The van der Waals surface area contributed by atoms with Crippen molar-refractivity contribution in [3.8, 4) is 0 Å². The maximum atomic E-state index is 12.5. The highest BCUT2D eigenvalue weighted by atomic mass is 16.6. The van der Waals surface area contributed by atoms with Gasteiger partial charge in [-0.05, 0) is 18.4 Å². The van der Waals surface area contributed by atoms with Crippen LogP contribution in [0.5, 0.6) is 0 Å². The number of nitrogens with zero attached hydrogens (tertiary/aromatic N) is 4. The van der Waals surface area contributed by atoms with Gasteiger partial charge in [0.1, 0.15) is 18.2 Å². The lowest BCUT2D eigenvalue weighted by Gasteiger charge is -2.20. The molecule has 4 unspecified atom stereocenters. The number of ether oxygens (including phenoxy) is 2. The van der Waals surface area contributed by atoms with Gasteiger partial charge < -0.3 is 19.4 Å². The minimum Gasteiger partial charge on any atom is -0.371 e. The van der Waals surface area contributed by atoms with Crippen LogP contribution in [-0.4, -0.2) is 56.9 Å². The molecule has 156 valence electrons. The van der Waals surface area contributed by atoms with Crippen LogP contribution in [0.3, 0.4) is 0 Å². The molecule has 4 heterocycles. The van der Waals surface area contributed by atoms with Crippen LogP contribution < -0.4 is 5.32 Å². The summed E-state index contributed by atoms with van der Waals surface area (Å²) < 4.78 is 15.8. The van der Waals surface area contributed by atoms with Crippen molar-refractivity contribution in [3.05, 3.63) is 35.9 Å². The lowest BCUT2D eigenvalue weighted by atomic mass is 9.86. The van der Waals surface area contributed by atoms with Crippen LogP contribution in [0.4, 0.5) is 0 Å². The van der Waals surface area contributed by atoms with Crippen LogP contribution in [0.15, 0.2) is 24.7 Å². The molecule has 2 saturated heterocycles. The fourth-order valence-electron chi connectivity index (χ4n) is 4.98. The summed E-state index contributed by atoms with van der Waals surface area (Å²) in [5, 5.41) is 11.8. The van der Waals surface area contributed by atoms with Crippen molar-refractivity contribution in [2.45, 2.75) is 62.8 Å². The van der Waals surface area contributed by atoms with Crippen LogP contribution in [0.2, 0.25) is 0 Å². The highest BCUT2D eigenvalue weighted by molar-refractivity contribution is 5.94. The lowest BCUT2D eigenvalue weighted by molar-refractivity contribution is 0.0613. The summed E-state index contributed by atoms with van der Waals surface area (Å²) in [6, 6.07) is 1.67. The number of nitrogens with one attached hydrogen (secondary N) is 1. The number of hydrogen-bond donors (Lipinski definition) is 1. The van der Waals surface area contributed by atoms with E-state index in [-0.39, 0.29) is 30.2 Å².